The van der Waals surface area contributed by atoms with Crippen molar-refractivity contribution in [2.24, 2.45) is 11.5 Å². The number of hydrogen-bond donors (Lipinski definition) is 2. The van der Waals surface area contributed by atoms with Gasteiger partial charge in [-0.25, -0.2) is 0 Å². The quantitative estimate of drug-likeness (QED) is 0.633. The molecule has 4 aliphatic rings. The highest BCUT2D eigenvalue weighted by molar-refractivity contribution is 4.99. The van der Waals surface area contributed by atoms with Crippen molar-refractivity contribution in [3.8, 4) is 0 Å². The highest BCUT2D eigenvalue weighted by atomic mass is 16.5. The van der Waals surface area contributed by atoms with Crippen LogP contribution in [0.15, 0.2) is 4.42 Å². The molecule has 7 heteroatoms. The molecule has 4 fully saturated rings. The van der Waals surface area contributed by atoms with Crippen molar-refractivity contribution in [2.75, 3.05) is 0 Å². The van der Waals surface area contributed by atoms with Crippen molar-refractivity contribution in [3.05, 3.63) is 11.8 Å². The second-order valence-corrected chi connectivity index (χ2v) is 11.3. The Kier molecular flexibility index (Phi) is 8.01. The Morgan fingerprint density at radius 2 is 0.970 bits per heavy atom. The Hall–Kier alpha value is -1.02. The SMILES string of the molecule is NC1CCCC(OC2CCC(c3nnc(C4CCC(OC5CCCC(N)C5)CC4)o3)CC2)C1. The average Bonchev–Trinajstić information content (AvgIpc) is 3.31. The molecule has 5 rings (SSSR count). The number of aromatic nitrogens is 2. The van der Waals surface area contributed by atoms with Crippen LogP contribution in [0.4, 0.5) is 0 Å². The molecule has 1 heterocycles. The van der Waals surface area contributed by atoms with Gasteiger partial charge < -0.3 is 25.4 Å². The van der Waals surface area contributed by atoms with E-state index in [1.807, 2.05) is 0 Å². The summed E-state index contributed by atoms with van der Waals surface area (Å²) in [6, 6.07) is 0.646. The fourth-order valence-electron chi connectivity index (χ4n) is 6.62. The molecule has 0 amide bonds. The summed E-state index contributed by atoms with van der Waals surface area (Å²) in [5, 5.41) is 8.94. The lowest BCUT2D eigenvalue weighted by Crippen LogP contribution is -2.35. The smallest absolute Gasteiger partial charge is 0.219 e. The van der Waals surface area contributed by atoms with Crippen molar-refractivity contribution < 1.29 is 13.9 Å². The molecule has 1 aromatic heterocycles. The molecule has 33 heavy (non-hydrogen) atoms. The predicted molar refractivity (Wildman–Crippen MR) is 127 cm³/mol. The van der Waals surface area contributed by atoms with E-state index >= 15 is 0 Å². The summed E-state index contributed by atoms with van der Waals surface area (Å²) in [6.45, 7) is 0. The number of ether oxygens (including phenoxy) is 2. The van der Waals surface area contributed by atoms with Crippen LogP contribution in [0.2, 0.25) is 0 Å². The van der Waals surface area contributed by atoms with Gasteiger partial charge in [-0.3, -0.25) is 0 Å². The normalized spacial score (nSPS) is 40.5. The fraction of sp³-hybridized carbons (Fsp3) is 0.923. The van der Waals surface area contributed by atoms with Gasteiger partial charge in [0.1, 0.15) is 0 Å². The molecule has 7 nitrogen and oxygen atoms in total. The van der Waals surface area contributed by atoms with Crippen LogP contribution < -0.4 is 11.5 Å². The first-order valence-electron chi connectivity index (χ1n) is 13.8. The van der Waals surface area contributed by atoms with Crippen LogP contribution >= 0.6 is 0 Å². The zero-order valence-corrected chi connectivity index (χ0v) is 20.2. The highest BCUT2D eigenvalue weighted by Gasteiger charge is 2.32. The van der Waals surface area contributed by atoms with E-state index in [4.69, 9.17) is 25.4 Å². The molecular weight excluding hydrogens is 416 g/mol. The Labute approximate surface area is 198 Å². The molecule has 0 radical (unpaired) electrons. The maximum absolute atomic E-state index is 6.39. The number of nitrogens with zero attached hydrogens (tertiary/aromatic N) is 2. The van der Waals surface area contributed by atoms with Gasteiger partial charge in [0.05, 0.1) is 24.4 Å². The molecular formula is C26H44N4O3. The van der Waals surface area contributed by atoms with Crippen molar-refractivity contribution in [3.63, 3.8) is 0 Å². The van der Waals surface area contributed by atoms with Gasteiger partial charge >= 0.3 is 0 Å². The zero-order chi connectivity index (χ0) is 22.6. The summed E-state index contributed by atoms with van der Waals surface area (Å²) >= 11 is 0. The molecule has 4 N–H and O–H groups in total. The van der Waals surface area contributed by atoms with E-state index in [-0.39, 0.29) is 0 Å². The second kappa shape index (κ2) is 11.1. The largest absolute Gasteiger partial charge is 0.425 e. The highest BCUT2D eigenvalue weighted by Crippen LogP contribution is 2.38. The van der Waals surface area contributed by atoms with E-state index in [2.05, 4.69) is 10.2 Å². The maximum atomic E-state index is 6.39. The third-order valence-corrected chi connectivity index (χ3v) is 8.61. The molecule has 0 aliphatic heterocycles. The third-order valence-electron chi connectivity index (χ3n) is 8.61. The van der Waals surface area contributed by atoms with Crippen LogP contribution in [0.1, 0.15) is 126 Å². The first-order valence-corrected chi connectivity index (χ1v) is 13.8. The molecule has 186 valence electrons. The molecule has 4 aliphatic carbocycles. The van der Waals surface area contributed by atoms with Crippen LogP contribution in [0, 0.1) is 0 Å². The molecule has 1 aromatic rings. The second-order valence-electron chi connectivity index (χ2n) is 11.3. The molecule has 0 saturated heterocycles. The van der Waals surface area contributed by atoms with Gasteiger partial charge in [0.2, 0.25) is 11.8 Å². The molecule has 0 aromatic carbocycles. The summed E-state index contributed by atoms with van der Waals surface area (Å²) < 4.78 is 19.0. The topological polar surface area (TPSA) is 109 Å². The van der Waals surface area contributed by atoms with Crippen LogP contribution in [0.25, 0.3) is 0 Å². The Morgan fingerprint density at radius 3 is 1.36 bits per heavy atom. The van der Waals surface area contributed by atoms with Crippen LogP contribution in [-0.4, -0.2) is 46.7 Å². The lowest BCUT2D eigenvalue weighted by molar-refractivity contribution is -0.0513. The average molecular weight is 461 g/mol. The first kappa shape index (κ1) is 23.7. The Balaban J connectivity index is 1.05. The number of hydrogen-bond acceptors (Lipinski definition) is 7. The third kappa shape index (κ3) is 6.36. The van der Waals surface area contributed by atoms with Gasteiger partial charge in [-0.2, -0.15) is 0 Å². The van der Waals surface area contributed by atoms with Crippen molar-refractivity contribution in [2.45, 2.75) is 151 Å². The molecule has 0 bridgehead atoms. The minimum Gasteiger partial charge on any atom is -0.425 e. The van der Waals surface area contributed by atoms with Crippen molar-refractivity contribution in [1.29, 1.82) is 0 Å². The van der Waals surface area contributed by atoms with Crippen LogP contribution in [0.5, 0.6) is 0 Å². The summed E-state index contributed by atoms with van der Waals surface area (Å²) in [5.74, 6) is 2.46. The predicted octanol–water partition coefficient (Wildman–Crippen LogP) is 4.70. The van der Waals surface area contributed by atoms with Crippen molar-refractivity contribution >= 4 is 0 Å². The lowest BCUT2D eigenvalue weighted by atomic mass is 9.86. The standard InChI is InChI=1S/C26H44N4O3/c27-19-3-1-5-23(15-19)31-21-11-7-17(8-12-21)25-29-30-26(33-25)18-9-13-22(14-10-18)32-24-6-2-4-20(28)16-24/h17-24H,1-16,27-28H2. The minimum absolute atomic E-state index is 0.323. The van der Waals surface area contributed by atoms with Gasteiger partial charge in [0.15, 0.2) is 0 Å². The van der Waals surface area contributed by atoms with E-state index in [0.29, 0.717) is 48.3 Å². The van der Waals surface area contributed by atoms with Gasteiger partial charge in [0.25, 0.3) is 0 Å². The van der Waals surface area contributed by atoms with E-state index in [1.165, 1.54) is 25.7 Å². The van der Waals surface area contributed by atoms with Gasteiger partial charge in [0, 0.05) is 23.9 Å². The van der Waals surface area contributed by atoms with Crippen molar-refractivity contribution in [1.82, 2.24) is 10.2 Å². The number of nitrogens with two attached hydrogens (primary N) is 2. The lowest BCUT2D eigenvalue weighted by Gasteiger charge is -2.33. The first-order chi connectivity index (χ1) is 16.1. The van der Waals surface area contributed by atoms with E-state index in [1.54, 1.807) is 0 Å². The summed E-state index contributed by atoms with van der Waals surface area (Å²) in [4.78, 5) is 0. The summed E-state index contributed by atoms with van der Waals surface area (Å²) in [6.07, 6.45) is 19.2. The summed E-state index contributed by atoms with van der Waals surface area (Å²) in [7, 11) is 0. The zero-order valence-electron chi connectivity index (χ0n) is 20.2. The summed E-state index contributed by atoms with van der Waals surface area (Å²) in [5.41, 5.74) is 12.3. The molecule has 4 unspecified atom stereocenters. The van der Waals surface area contributed by atoms with Gasteiger partial charge in [-0.05, 0) is 103 Å². The van der Waals surface area contributed by atoms with Gasteiger partial charge in [-0.1, -0.05) is 0 Å². The molecule has 4 atom stereocenters. The minimum atomic E-state index is 0.323. The van der Waals surface area contributed by atoms with E-state index < -0.39 is 0 Å². The Morgan fingerprint density at radius 1 is 0.545 bits per heavy atom. The molecule has 4 saturated carbocycles. The fourth-order valence-corrected chi connectivity index (χ4v) is 6.62. The van der Waals surface area contributed by atoms with E-state index in [9.17, 15) is 0 Å². The Bertz CT molecular complexity index is 668. The van der Waals surface area contributed by atoms with Gasteiger partial charge in [-0.15, -0.1) is 10.2 Å². The maximum Gasteiger partial charge on any atom is 0.219 e. The van der Waals surface area contributed by atoms with Crippen LogP contribution in [0.3, 0.4) is 0 Å². The van der Waals surface area contributed by atoms with Crippen LogP contribution in [-0.2, 0) is 9.47 Å². The monoisotopic (exact) mass is 460 g/mol. The molecule has 0 spiro atoms. The van der Waals surface area contributed by atoms with E-state index in [0.717, 1.165) is 88.8 Å². The number of rotatable bonds is 6.